The Hall–Kier alpha value is -1.35. The maximum atomic E-state index is 10.5. The van der Waals surface area contributed by atoms with E-state index in [1.165, 1.54) is 5.56 Å². The van der Waals surface area contributed by atoms with Crippen molar-refractivity contribution >= 4 is 5.97 Å². The Kier molecular flexibility index (Phi) is 2.73. The summed E-state index contributed by atoms with van der Waals surface area (Å²) in [4.78, 5) is 10.5. The molecule has 0 saturated carbocycles. The van der Waals surface area contributed by atoms with Gasteiger partial charge in [-0.15, -0.1) is 0 Å². The van der Waals surface area contributed by atoms with E-state index in [4.69, 9.17) is 5.11 Å². The van der Waals surface area contributed by atoms with Crippen molar-refractivity contribution in [1.82, 2.24) is 0 Å². The maximum absolute atomic E-state index is 10.5. The molecule has 0 spiro atoms. The summed E-state index contributed by atoms with van der Waals surface area (Å²) < 4.78 is 0. The van der Waals surface area contributed by atoms with Crippen LogP contribution in [0.2, 0.25) is 0 Å². The van der Waals surface area contributed by atoms with E-state index < -0.39 is 12.1 Å². The molecule has 0 radical (unpaired) electrons. The highest BCUT2D eigenvalue weighted by Crippen LogP contribution is 2.30. The minimum absolute atomic E-state index is 0.212. The van der Waals surface area contributed by atoms with E-state index in [1.807, 2.05) is 12.1 Å². The zero-order valence-corrected chi connectivity index (χ0v) is 8.44. The van der Waals surface area contributed by atoms with Crippen LogP contribution >= 0.6 is 0 Å². The third kappa shape index (κ3) is 2.02. The summed E-state index contributed by atoms with van der Waals surface area (Å²) in [5.74, 6) is -0.960. The number of hydrogen-bond donors (Lipinski definition) is 2. The predicted molar refractivity (Wildman–Crippen MR) is 55.7 cm³/mol. The fraction of sp³-hybridized carbons (Fsp3) is 0.417. The van der Waals surface area contributed by atoms with Crippen LogP contribution in [0.1, 0.15) is 35.6 Å². The van der Waals surface area contributed by atoms with Crippen molar-refractivity contribution in [3.8, 4) is 0 Å². The Balaban J connectivity index is 2.28. The molecule has 0 saturated heterocycles. The Morgan fingerprint density at radius 1 is 1.40 bits per heavy atom. The van der Waals surface area contributed by atoms with Crippen LogP contribution in [0.15, 0.2) is 18.2 Å². The molecule has 1 unspecified atom stereocenters. The lowest BCUT2D eigenvalue weighted by molar-refractivity contribution is -0.139. The zero-order valence-electron chi connectivity index (χ0n) is 8.44. The van der Waals surface area contributed by atoms with E-state index >= 15 is 0 Å². The number of carboxylic acids is 1. The molecular formula is C12H14O3. The molecule has 1 aliphatic rings. The Bertz CT molecular complexity index is 384. The molecule has 1 aromatic rings. The summed E-state index contributed by atoms with van der Waals surface area (Å²) in [7, 11) is 0. The number of fused-ring (bicyclic) bond motifs is 1. The van der Waals surface area contributed by atoms with Gasteiger partial charge in [0.1, 0.15) is 0 Å². The van der Waals surface area contributed by atoms with Gasteiger partial charge in [-0.2, -0.15) is 0 Å². The molecule has 2 N–H and O–H groups in total. The lowest BCUT2D eigenvalue weighted by Crippen LogP contribution is -2.07. The van der Waals surface area contributed by atoms with Crippen LogP contribution in [-0.4, -0.2) is 16.2 Å². The molecular weight excluding hydrogens is 192 g/mol. The number of hydrogen-bond acceptors (Lipinski definition) is 2. The van der Waals surface area contributed by atoms with E-state index in [9.17, 15) is 9.90 Å². The first-order chi connectivity index (χ1) is 7.18. The van der Waals surface area contributed by atoms with Gasteiger partial charge in [0.05, 0.1) is 12.5 Å². The second-order valence-electron chi connectivity index (χ2n) is 3.95. The molecule has 0 fully saturated rings. The SMILES string of the molecule is O=C(O)CC(O)c1cccc2c1CCC2. The van der Waals surface area contributed by atoms with E-state index in [0.29, 0.717) is 0 Å². The van der Waals surface area contributed by atoms with Gasteiger partial charge in [-0.1, -0.05) is 18.2 Å². The van der Waals surface area contributed by atoms with Gasteiger partial charge in [-0.25, -0.2) is 0 Å². The summed E-state index contributed by atoms with van der Waals surface area (Å²) >= 11 is 0. The number of carboxylic acid groups (broad SMARTS) is 1. The molecule has 1 aliphatic carbocycles. The Morgan fingerprint density at radius 3 is 2.93 bits per heavy atom. The van der Waals surface area contributed by atoms with Gasteiger partial charge in [0.15, 0.2) is 0 Å². The molecule has 0 aromatic heterocycles. The first-order valence-corrected chi connectivity index (χ1v) is 5.19. The minimum Gasteiger partial charge on any atom is -0.481 e. The number of benzene rings is 1. The van der Waals surface area contributed by atoms with E-state index in [-0.39, 0.29) is 6.42 Å². The third-order valence-corrected chi connectivity index (χ3v) is 2.91. The van der Waals surface area contributed by atoms with Gasteiger partial charge < -0.3 is 10.2 Å². The first-order valence-electron chi connectivity index (χ1n) is 5.19. The summed E-state index contributed by atoms with van der Waals surface area (Å²) in [6.45, 7) is 0. The van der Waals surface area contributed by atoms with Crippen molar-refractivity contribution in [3.05, 3.63) is 34.9 Å². The van der Waals surface area contributed by atoms with Crippen LogP contribution in [0.3, 0.4) is 0 Å². The van der Waals surface area contributed by atoms with Gasteiger partial charge in [0.25, 0.3) is 0 Å². The molecule has 1 aromatic carbocycles. The number of aliphatic hydroxyl groups excluding tert-OH is 1. The number of aliphatic hydroxyl groups is 1. The fourth-order valence-electron chi connectivity index (χ4n) is 2.24. The topological polar surface area (TPSA) is 57.5 Å². The number of rotatable bonds is 3. The van der Waals surface area contributed by atoms with Crippen LogP contribution < -0.4 is 0 Å². The molecule has 15 heavy (non-hydrogen) atoms. The largest absolute Gasteiger partial charge is 0.481 e. The smallest absolute Gasteiger partial charge is 0.306 e. The predicted octanol–water partition coefficient (Wildman–Crippen LogP) is 1.68. The Labute approximate surface area is 88.4 Å². The number of aliphatic carboxylic acids is 1. The van der Waals surface area contributed by atoms with Gasteiger partial charge in [0, 0.05) is 0 Å². The second kappa shape index (κ2) is 4.03. The standard InChI is InChI=1S/C12H14O3/c13-11(7-12(14)15)10-6-2-4-8-3-1-5-9(8)10/h2,4,6,11,13H,1,3,5,7H2,(H,14,15). The second-order valence-corrected chi connectivity index (χ2v) is 3.95. The van der Waals surface area contributed by atoms with Crippen LogP contribution in [0.5, 0.6) is 0 Å². The van der Waals surface area contributed by atoms with Gasteiger partial charge in [-0.05, 0) is 36.0 Å². The summed E-state index contributed by atoms with van der Waals surface area (Å²) in [5, 5.41) is 18.4. The van der Waals surface area contributed by atoms with Crippen molar-refractivity contribution in [3.63, 3.8) is 0 Å². The summed E-state index contributed by atoms with van der Waals surface area (Å²) in [6, 6.07) is 5.78. The normalized spacial score (nSPS) is 16.1. The van der Waals surface area contributed by atoms with Crippen molar-refractivity contribution in [2.24, 2.45) is 0 Å². The maximum Gasteiger partial charge on any atom is 0.306 e. The highest BCUT2D eigenvalue weighted by molar-refractivity contribution is 5.67. The van der Waals surface area contributed by atoms with Crippen LogP contribution in [0, 0.1) is 0 Å². The summed E-state index contributed by atoms with van der Waals surface area (Å²) in [5.41, 5.74) is 3.22. The number of carbonyl (C=O) groups is 1. The molecule has 2 rings (SSSR count). The molecule has 0 heterocycles. The van der Waals surface area contributed by atoms with Crippen molar-refractivity contribution in [2.75, 3.05) is 0 Å². The average molecular weight is 206 g/mol. The molecule has 3 heteroatoms. The van der Waals surface area contributed by atoms with Gasteiger partial charge in [-0.3, -0.25) is 4.79 Å². The van der Waals surface area contributed by atoms with Crippen LogP contribution in [-0.2, 0) is 17.6 Å². The van der Waals surface area contributed by atoms with E-state index in [0.717, 1.165) is 30.4 Å². The van der Waals surface area contributed by atoms with E-state index in [1.54, 1.807) is 0 Å². The third-order valence-electron chi connectivity index (χ3n) is 2.91. The van der Waals surface area contributed by atoms with Gasteiger partial charge >= 0.3 is 5.97 Å². The number of aryl methyl sites for hydroxylation is 1. The fourth-order valence-corrected chi connectivity index (χ4v) is 2.24. The van der Waals surface area contributed by atoms with E-state index in [2.05, 4.69) is 6.07 Å². The molecule has 0 amide bonds. The Morgan fingerprint density at radius 2 is 2.20 bits per heavy atom. The molecule has 0 aliphatic heterocycles. The quantitative estimate of drug-likeness (QED) is 0.791. The van der Waals surface area contributed by atoms with Crippen molar-refractivity contribution < 1.29 is 15.0 Å². The lowest BCUT2D eigenvalue weighted by atomic mass is 9.97. The molecule has 80 valence electrons. The van der Waals surface area contributed by atoms with Crippen LogP contribution in [0.4, 0.5) is 0 Å². The summed E-state index contributed by atoms with van der Waals surface area (Å²) in [6.07, 6.45) is 2.03. The lowest BCUT2D eigenvalue weighted by Gasteiger charge is -2.13. The first kappa shape index (κ1) is 10.2. The highest BCUT2D eigenvalue weighted by atomic mass is 16.4. The van der Waals surface area contributed by atoms with Gasteiger partial charge in [0.2, 0.25) is 0 Å². The van der Waals surface area contributed by atoms with Crippen molar-refractivity contribution in [1.29, 1.82) is 0 Å². The van der Waals surface area contributed by atoms with Crippen LogP contribution in [0.25, 0.3) is 0 Å². The minimum atomic E-state index is -0.960. The highest BCUT2D eigenvalue weighted by Gasteiger charge is 2.20. The van der Waals surface area contributed by atoms with Crippen molar-refractivity contribution in [2.45, 2.75) is 31.8 Å². The molecule has 0 bridgehead atoms. The zero-order chi connectivity index (χ0) is 10.8. The molecule has 1 atom stereocenters. The molecule has 3 nitrogen and oxygen atoms in total. The monoisotopic (exact) mass is 206 g/mol. The average Bonchev–Trinajstić information content (AvgIpc) is 2.63.